The van der Waals surface area contributed by atoms with Gasteiger partial charge in [-0.25, -0.2) is 4.57 Å². The third-order valence-electron chi connectivity index (χ3n) is 5.12. The molecule has 2 aromatic carbocycles. The molecule has 0 radical (unpaired) electrons. The molecule has 0 spiro atoms. The number of aromatic amines is 2. The number of fused-ring (bicyclic) bond motifs is 2. The Kier molecular flexibility index (Phi) is 8.24. The van der Waals surface area contributed by atoms with Crippen LogP contribution in [0.2, 0.25) is 0 Å². The molecule has 11 nitrogen and oxygen atoms in total. The third kappa shape index (κ3) is 6.52. The first-order valence-corrected chi connectivity index (χ1v) is 11.8. The second-order valence-corrected chi connectivity index (χ2v) is 8.61. The van der Waals surface area contributed by atoms with Crippen LogP contribution in [0, 0.1) is 0 Å². The quantitative estimate of drug-likeness (QED) is 0.138. The summed E-state index contributed by atoms with van der Waals surface area (Å²) in [6.07, 6.45) is 1.50. The summed E-state index contributed by atoms with van der Waals surface area (Å²) in [5.41, 5.74) is 9.43. The average Bonchev–Trinajstić information content (AvgIpc) is 3.40. The highest BCUT2D eigenvalue weighted by atomic mass is 31.2. The van der Waals surface area contributed by atoms with Crippen molar-refractivity contribution in [3.8, 4) is 0 Å². The van der Waals surface area contributed by atoms with Gasteiger partial charge in [0.1, 0.15) is 12.1 Å². The standard InChI is InChI=1S/C22H23N3O4.H3O4P/c23-17(9-13-10-24-18-7-3-1-5-14(13)18)22(28)29-21(20(27)12-26)16-11-25-19-8-4-2-6-15(16)19;1-5(2,3)4/h1-8,10-11,17,20-21,24-27H,9,12,23H2;(H3,1,2,3,4)/t17-,20?,21?;/m0./s1. The predicted octanol–water partition coefficient (Wildman–Crippen LogP) is 1.23. The summed E-state index contributed by atoms with van der Waals surface area (Å²) in [5, 5.41) is 21.6. The van der Waals surface area contributed by atoms with Gasteiger partial charge >= 0.3 is 13.8 Å². The Balaban J connectivity index is 0.000000588. The molecule has 2 aromatic heterocycles. The lowest BCUT2D eigenvalue weighted by Crippen LogP contribution is -2.37. The molecule has 2 unspecified atom stereocenters. The molecule has 0 aliphatic heterocycles. The third-order valence-corrected chi connectivity index (χ3v) is 5.12. The second kappa shape index (κ2) is 10.9. The van der Waals surface area contributed by atoms with E-state index < -0.39 is 38.6 Å². The Morgan fingerprint density at radius 1 is 0.971 bits per heavy atom. The van der Waals surface area contributed by atoms with Crippen molar-refractivity contribution in [2.45, 2.75) is 24.7 Å². The molecule has 0 saturated heterocycles. The van der Waals surface area contributed by atoms with E-state index in [4.69, 9.17) is 29.7 Å². The minimum Gasteiger partial charge on any atom is -0.453 e. The van der Waals surface area contributed by atoms with Crippen molar-refractivity contribution in [3.05, 3.63) is 72.1 Å². The van der Waals surface area contributed by atoms with E-state index in [1.807, 2.05) is 54.7 Å². The van der Waals surface area contributed by atoms with Gasteiger partial charge in [0.25, 0.3) is 0 Å². The van der Waals surface area contributed by atoms with E-state index in [9.17, 15) is 15.0 Å². The molecular formula is C22H26N3O8P. The molecule has 0 aliphatic carbocycles. The molecule has 0 fully saturated rings. The summed E-state index contributed by atoms with van der Waals surface area (Å²) in [6.45, 7) is -0.546. The molecule has 12 heteroatoms. The number of carbonyl (C=O) groups excluding carboxylic acids is 1. The van der Waals surface area contributed by atoms with Crippen LogP contribution >= 0.6 is 7.82 Å². The number of hydrogen-bond acceptors (Lipinski definition) is 6. The molecule has 182 valence electrons. The fourth-order valence-corrected chi connectivity index (χ4v) is 3.61. The zero-order valence-corrected chi connectivity index (χ0v) is 18.8. The van der Waals surface area contributed by atoms with E-state index in [2.05, 4.69) is 9.97 Å². The van der Waals surface area contributed by atoms with Crippen LogP contribution in [0.4, 0.5) is 0 Å². The number of carbonyl (C=O) groups is 1. The summed E-state index contributed by atoms with van der Waals surface area (Å²) in [4.78, 5) is 40.5. The Labute approximate surface area is 194 Å². The lowest BCUT2D eigenvalue weighted by atomic mass is 10.0. The van der Waals surface area contributed by atoms with E-state index in [0.29, 0.717) is 12.0 Å². The first-order chi connectivity index (χ1) is 16.1. The lowest BCUT2D eigenvalue weighted by Gasteiger charge is -2.23. The van der Waals surface area contributed by atoms with E-state index in [0.717, 1.165) is 27.4 Å². The van der Waals surface area contributed by atoms with Crippen LogP contribution in [-0.2, 0) is 20.5 Å². The van der Waals surface area contributed by atoms with Gasteiger partial charge in [-0.15, -0.1) is 0 Å². The van der Waals surface area contributed by atoms with Crippen LogP contribution in [0.25, 0.3) is 21.8 Å². The number of benzene rings is 2. The van der Waals surface area contributed by atoms with Crippen LogP contribution < -0.4 is 5.73 Å². The fraction of sp³-hybridized carbons (Fsp3) is 0.227. The molecule has 0 saturated carbocycles. The van der Waals surface area contributed by atoms with Gasteiger partial charge in [-0.05, 0) is 17.7 Å². The number of esters is 1. The molecule has 34 heavy (non-hydrogen) atoms. The zero-order chi connectivity index (χ0) is 24.9. The number of para-hydroxylation sites is 2. The van der Waals surface area contributed by atoms with E-state index in [-0.39, 0.29) is 0 Å². The van der Waals surface area contributed by atoms with Crippen LogP contribution in [0.3, 0.4) is 0 Å². The van der Waals surface area contributed by atoms with Gasteiger partial charge in [0.2, 0.25) is 0 Å². The predicted molar refractivity (Wildman–Crippen MR) is 124 cm³/mol. The van der Waals surface area contributed by atoms with Crippen molar-refractivity contribution >= 4 is 35.6 Å². The number of H-pyrrole nitrogens is 2. The molecule has 0 bridgehead atoms. The highest BCUT2D eigenvalue weighted by molar-refractivity contribution is 7.45. The maximum atomic E-state index is 12.7. The number of rotatable bonds is 7. The van der Waals surface area contributed by atoms with Crippen LogP contribution in [-0.4, -0.2) is 59.6 Å². The van der Waals surface area contributed by atoms with Crippen molar-refractivity contribution in [1.82, 2.24) is 9.97 Å². The molecule has 4 aromatic rings. The van der Waals surface area contributed by atoms with Gasteiger partial charge in [-0.2, -0.15) is 0 Å². The Hall–Kier alpha value is -3.02. The highest BCUT2D eigenvalue weighted by Crippen LogP contribution is 2.30. The number of aliphatic hydroxyl groups is 2. The topological polar surface area (TPSA) is 202 Å². The van der Waals surface area contributed by atoms with Crippen LogP contribution in [0.1, 0.15) is 17.2 Å². The van der Waals surface area contributed by atoms with Crippen molar-refractivity contribution < 1.29 is 39.0 Å². The SMILES string of the molecule is N[C@@H](Cc1c[nH]c2ccccc12)C(=O)OC(c1c[nH]c2ccccc12)C(O)CO.O=P(O)(O)O. The molecular weight excluding hydrogens is 465 g/mol. The van der Waals surface area contributed by atoms with Crippen molar-refractivity contribution in [2.24, 2.45) is 5.73 Å². The maximum absolute atomic E-state index is 12.7. The van der Waals surface area contributed by atoms with Gasteiger partial charge in [0.15, 0.2) is 6.10 Å². The minimum absolute atomic E-state index is 0.290. The molecule has 0 aliphatic rings. The van der Waals surface area contributed by atoms with Gasteiger partial charge in [0, 0.05) is 46.2 Å². The summed E-state index contributed by atoms with van der Waals surface area (Å²) < 4.78 is 14.5. The number of aliphatic hydroxyl groups excluding tert-OH is 2. The van der Waals surface area contributed by atoms with Crippen LogP contribution in [0.5, 0.6) is 0 Å². The Morgan fingerprint density at radius 3 is 2.12 bits per heavy atom. The number of aromatic nitrogens is 2. The van der Waals surface area contributed by atoms with Crippen molar-refractivity contribution in [2.75, 3.05) is 6.61 Å². The van der Waals surface area contributed by atoms with E-state index in [1.165, 1.54) is 0 Å². The van der Waals surface area contributed by atoms with Crippen LogP contribution in [0.15, 0.2) is 60.9 Å². The summed E-state index contributed by atoms with van der Waals surface area (Å²) in [7, 11) is -4.64. The zero-order valence-electron chi connectivity index (χ0n) is 17.9. The number of hydrogen-bond donors (Lipinski definition) is 8. The number of ether oxygens (including phenoxy) is 1. The Morgan fingerprint density at radius 2 is 1.50 bits per heavy atom. The molecule has 9 N–H and O–H groups in total. The number of phosphoric acid groups is 1. The first kappa shape index (κ1) is 25.6. The maximum Gasteiger partial charge on any atom is 0.466 e. The van der Waals surface area contributed by atoms with E-state index >= 15 is 0 Å². The van der Waals surface area contributed by atoms with Gasteiger partial charge in [0.05, 0.1) is 6.61 Å². The monoisotopic (exact) mass is 491 g/mol. The van der Waals surface area contributed by atoms with E-state index in [1.54, 1.807) is 6.20 Å². The smallest absolute Gasteiger partial charge is 0.453 e. The second-order valence-electron chi connectivity index (χ2n) is 7.58. The first-order valence-electron chi connectivity index (χ1n) is 10.2. The lowest BCUT2D eigenvalue weighted by molar-refractivity contribution is -0.158. The number of nitrogens with one attached hydrogen (secondary N) is 2. The summed E-state index contributed by atoms with van der Waals surface area (Å²) in [5.74, 6) is -0.641. The van der Waals surface area contributed by atoms with Gasteiger partial charge < -0.3 is 45.3 Å². The summed E-state index contributed by atoms with van der Waals surface area (Å²) >= 11 is 0. The normalized spacial score (nSPS) is 14.3. The van der Waals surface area contributed by atoms with Gasteiger partial charge in [-0.3, -0.25) is 4.79 Å². The van der Waals surface area contributed by atoms with Crippen molar-refractivity contribution in [3.63, 3.8) is 0 Å². The molecule has 2 heterocycles. The number of nitrogens with two attached hydrogens (primary N) is 1. The van der Waals surface area contributed by atoms with Gasteiger partial charge in [-0.1, -0.05) is 36.4 Å². The Bertz CT molecular complexity index is 1290. The highest BCUT2D eigenvalue weighted by Gasteiger charge is 2.29. The molecule has 0 amide bonds. The van der Waals surface area contributed by atoms with Crippen molar-refractivity contribution in [1.29, 1.82) is 0 Å². The fourth-order valence-electron chi connectivity index (χ4n) is 3.61. The summed E-state index contributed by atoms with van der Waals surface area (Å²) in [6, 6.07) is 14.3. The largest absolute Gasteiger partial charge is 0.466 e. The average molecular weight is 491 g/mol. The minimum atomic E-state index is -4.64. The molecule has 3 atom stereocenters. The molecule has 4 rings (SSSR count).